The molecule has 142 valence electrons. The van der Waals surface area contributed by atoms with Gasteiger partial charge in [-0.05, 0) is 18.9 Å². The van der Waals surface area contributed by atoms with Crippen LogP contribution in [0.1, 0.15) is 24.4 Å². The number of carbonyl (C=O) groups is 2. The molecule has 1 aromatic rings. The monoisotopic (exact) mass is 384 g/mol. The van der Waals surface area contributed by atoms with Crippen molar-refractivity contribution in [3.05, 3.63) is 35.6 Å². The summed E-state index contributed by atoms with van der Waals surface area (Å²) in [5.41, 5.74) is 0.273. The maximum Gasteiger partial charge on any atom is 0.407 e. The fraction of sp³-hybridized carbons (Fsp3) is 0.529. The van der Waals surface area contributed by atoms with Crippen LogP contribution in [0.2, 0.25) is 0 Å². The van der Waals surface area contributed by atoms with Crippen LogP contribution in [0.25, 0.3) is 0 Å². The van der Waals surface area contributed by atoms with Crippen molar-refractivity contribution in [2.45, 2.75) is 18.9 Å². The number of halogens is 1. The Hall–Kier alpha value is -2.16. The van der Waals surface area contributed by atoms with Crippen LogP contribution in [-0.2, 0) is 14.6 Å². The number of nitrogens with zero attached hydrogens (tertiary/aromatic N) is 2. The molecule has 0 saturated carbocycles. The van der Waals surface area contributed by atoms with Gasteiger partial charge in [-0.3, -0.25) is 4.79 Å². The number of rotatable bonds is 2. The van der Waals surface area contributed by atoms with Gasteiger partial charge in [0, 0.05) is 31.1 Å². The predicted octanol–water partition coefficient (Wildman–Crippen LogP) is 1.51. The van der Waals surface area contributed by atoms with Gasteiger partial charge in [0.05, 0.1) is 17.5 Å². The average Bonchev–Trinajstić information content (AvgIpc) is 2.61. The highest BCUT2D eigenvalue weighted by Crippen LogP contribution is 2.31. The molecule has 0 spiro atoms. The minimum absolute atomic E-state index is 0.00692. The summed E-state index contributed by atoms with van der Waals surface area (Å²) in [5, 5.41) is 9.27. The lowest BCUT2D eigenvalue weighted by molar-refractivity contribution is -0.140. The van der Waals surface area contributed by atoms with Crippen molar-refractivity contribution < 1.29 is 27.5 Å². The number of sulfone groups is 1. The second kappa shape index (κ2) is 7.22. The second-order valence-corrected chi connectivity index (χ2v) is 9.03. The molecule has 0 radical (unpaired) electrons. The number of carbonyl (C=O) groups excluding carboxylic acids is 1. The van der Waals surface area contributed by atoms with Gasteiger partial charge in [0.15, 0.2) is 0 Å². The van der Waals surface area contributed by atoms with E-state index in [9.17, 15) is 27.5 Å². The Morgan fingerprint density at radius 2 is 1.77 bits per heavy atom. The number of hydrogen-bond acceptors (Lipinski definition) is 4. The fourth-order valence-corrected chi connectivity index (χ4v) is 5.09. The van der Waals surface area contributed by atoms with Crippen molar-refractivity contribution in [1.82, 2.24) is 9.80 Å². The smallest absolute Gasteiger partial charge is 0.407 e. The molecule has 9 heteroatoms. The van der Waals surface area contributed by atoms with Gasteiger partial charge in [0.25, 0.3) is 0 Å². The third kappa shape index (κ3) is 3.82. The lowest BCUT2D eigenvalue weighted by atomic mass is 9.96. The quantitative estimate of drug-likeness (QED) is 0.834. The summed E-state index contributed by atoms with van der Waals surface area (Å²) in [7, 11) is -3.09. The Kier molecular flexibility index (Phi) is 5.17. The van der Waals surface area contributed by atoms with E-state index in [-0.39, 0.29) is 55.5 Å². The topological polar surface area (TPSA) is 95.0 Å². The first-order valence-electron chi connectivity index (χ1n) is 8.52. The molecule has 26 heavy (non-hydrogen) atoms. The van der Waals surface area contributed by atoms with E-state index in [4.69, 9.17) is 0 Å². The van der Waals surface area contributed by atoms with Gasteiger partial charge < -0.3 is 14.9 Å². The SMILES string of the molecule is O=C(O)N1CCN(C(=O)C2CCS(=O)(=O)CC2)C(c2ccccc2F)C1. The molecule has 0 aliphatic carbocycles. The molecular formula is C17H21FN2O5S. The van der Waals surface area contributed by atoms with Crippen LogP contribution in [0.3, 0.4) is 0 Å². The van der Waals surface area contributed by atoms with Crippen molar-refractivity contribution >= 4 is 21.8 Å². The van der Waals surface area contributed by atoms with E-state index >= 15 is 0 Å². The van der Waals surface area contributed by atoms with Gasteiger partial charge in [-0.2, -0.15) is 0 Å². The van der Waals surface area contributed by atoms with E-state index < -0.39 is 33.7 Å². The Bertz CT molecular complexity index is 799. The van der Waals surface area contributed by atoms with Crippen LogP contribution in [0.5, 0.6) is 0 Å². The molecule has 1 aromatic carbocycles. The molecule has 2 aliphatic rings. The van der Waals surface area contributed by atoms with Gasteiger partial charge in [0.2, 0.25) is 5.91 Å². The van der Waals surface area contributed by atoms with E-state index in [1.165, 1.54) is 21.9 Å². The summed E-state index contributed by atoms with van der Waals surface area (Å²) in [6.07, 6.45) is -0.601. The first kappa shape index (κ1) is 18.6. The van der Waals surface area contributed by atoms with E-state index in [1.54, 1.807) is 12.1 Å². The molecule has 0 aromatic heterocycles. The number of benzene rings is 1. The largest absolute Gasteiger partial charge is 0.465 e. The normalized spacial score (nSPS) is 23.7. The second-order valence-electron chi connectivity index (χ2n) is 6.72. The maximum absolute atomic E-state index is 14.3. The molecule has 2 saturated heterocycles. The summed E-state index contributed by atoms with van der Waals surface area (Å²) in [4.78, 5) is 27.0. The molecule has 2 fully saturated rings. The zero-order chi connectivity index (χ0) is 18.9. The molecule has 7 nitrogen and oxygen atoms in total. The Balaban J connectivity index is 1.85. The third-order valence-corrected chi connectivity index (χ3v) is 6.82. The zero-order valence-corrected chi connectivity index (χ0v) is 15.0. The highest BCUT2D eigenvalue weighted by atomic mass is 32.2. The number of hydrogen-bond donors (Lipinski definition) is 1. The van der Waals surface area contributed by atoms with Gasteiger partial charge in [-0.1, -0.05) is 18.2 Å². The van der Waals surface area contributed by atoms with Crippen LogP contribution in [0.15, 0.2) is 24.3 Å². The van der Waals surface area contributed by atoms with Gasteiger partial charge in [-0.25, -0.2) is 17.6 Å². The van der Waals surface area contributed by atoms with E-state index in [0.29, 0.717) is 0 Å². The van der Waals surface area contributed by atoms with Crippen molar-refractivity contribution in [2.24, 2.45) is 5.92 Å². The molecular weight excluding hydrogens is 363 g/mol. The third-order valence-electron chi connectivity index (χ3n) is 5.10. The average molecular weight is 384 g/mol. The molecule has 1 atom stereocenters. The molecule has 3 rings (SSSR count). The zero-order valence-electron chi connectivity index (χ0n) is 14.2. The highest BCUT2D eigenvalue weighted by Gasteiger charge is 2.39. The maximum atomic E-state index is 14.3. The number of carboxylic acid groups (broad SMARTS) is 1. The molecule has 2 amide bonds. The summed E-state index contributed by atoms with van der Waals surface area (Å²) in [6, 6.07) is 5.30. The lowest BCUT2D eigenvalue weighted by Crippen LogP contribution is -2.54. The van der Waals surface area contributed by atoms with Crippen LogP contribution in [-0.4, -0.2) is 66.5 Å². The summed E-state index contributed by atoms with van der Waals surface area (Å²) in [5.74, 6) is -1.19. The number of amides is 2. The predicted molar refractivity (Wildman–Crippen MR) is 91.8 cm³/mol. The summed E-state index contributed by atoms with van der Waals surface area (Å²) >= 11 is 0. The standard InChI is InChI=1S/C17H21FN2O5S/c18-14-4-2-1-3-13(14)15-11-19(17(22)23)7-8-20(15)16(21)12-5-9-26(24,25)10-6-12/h1-4,12,15H,5-11H2,(H,22,23). The van der Waals surface area contributed by atoms with Crippen LogP contribution in [0.4, 0.5) is 9.18 Å². The summed E-state index contributed by atoms with van der Waals surface area (Å²) in [6.45, 7) is 0.303. The Morgan fingerprint density at radius 1 is 1.12 bits per heavy atom. The Morgan fingerprint density at radius 3 is 2.38 bits per heavy atom. The number of piperazine rings is 1. The van der Waals surface area contributed by atoms with Gasteiger partial charge in [0.1, 0.15) is 15.7 Å². The Labute approximate surface area is 151 Å². The molecule has 1 unspecified atom stereocenters. The van der Waals surface area contributed by atoms with E-state index in [0.717, 1.165) is 0 Å². The summed E-state index contributed by atoms with van der Waals surface area (Å²) < 4.78 is 37.5. The van der Waals surface area contributed by atoms with Crippen molar-refractivity contribution in [3.8, 4) is 0 Å². The van der Waals surface area contributed by atoms with Crippen molar-refractivity contribution in [1.29, 1.82) is 0 Å². The molecule has 2 heterocycles. The molecule has 0 bridgehead atoms. The first-order valence-corrected chi connectivity index (χ1v) is 10.3. The van der Waals surface area contributed by atoms with Crippen LogP contribution < -0.4 is 0 Å². The van der Waals surface area contributed by atoms with Gasteiger partial charge in [-0.15, -0.1) is 0 Å². The minimum Gasteiger partial charge on any atom is -0.465 e. The first-order chi connectivity index (χ1) is 12.3. The molecule has 2 aliphatic heterocycles. The molecule has 1 N–H and O–H groups in total. The van der Waals surface area contributed by atoms with Crippen molar-refractivity contribution in [2.75, 3.05) is 31.1 Å². The van der Waals surface area contributed by atoms with Crippen LogP contribution in [0, 0.1) is 11.7 Å². The van der Waals surface area contributed by atoms with Gasteiger partial charge >= 0.3 is 6.09 Å². The van der Waals surface area contributed by atoms with Crippen molar-refractivity contribution in [3.63, 3.8) is 0 Å². The van der Waals surface area contributed by atoms with E-state index in [1.807, 2.05) is 0 Å². The fourth-order valence-electron chi connectivity index (χ4n) is 3.60. The van der Waals surface area contributed by atoms with E-state index in [2.05, 4.69) is 0 Å². The van der Waals surface area contributed by atoms with Crippen LogP contribution >= 0.6 is 0 Å². The highest BCUT2D eigenvalue weighted by molar-refractivity contribution is 7.91. The lowest BCUT2D eigenvalue weighted by Gasteiger charge is -2.42. The minimum atomic E-state index is -3.09.